The first-order valence-electron chi connectivity index (χ1n) is 9.96. The number of rotatable bonds is 5. The minimum Gasteiger partial charge on any atom is -0.449 e. The van der Waals surface area contributed by atoms with Crippen LogP contribution >= 0.6 is 11.6 Å². The van der Waals surface area contributed by atoms with Crippen LogP contribution in [0.1, 0.15) is 49.1 Å². The number of carbonyl (C=O) groups is 2. The Morgan fingerprint density at radius 3 is 2.11 bits per heavy atom. The van der Waals surface area contributed by atoms with Gasteiger partial charge in [0.1, 0.15) is 12.6 Å². The van der Waals surface area contributed by atoms with Gasteiger partial charge in [0.15, 0.2) is 0 Å². The molecule has 5 heteroatoms. The fourth-order valence-electron chi connectivity index (χ4n) is 4.59. The lowest BCUT2D eigenvalue weighted by atomic mass is 9.84. The number of ether oxygens (including phenoxy) is 1. The molecule has 0 unspecified atom stereocenters. The van der Waals surface area contributed by atoms with Gasteiger partial charge in [0.25, 0.3) is 0 Å². The van der Waals surface area contributed by atoms with Crippen LogP contribution < -0.4 is 5.32 Å². The first-order valence-corrected chi connectivity index (χ1v) is 10.3. The van der Waals surface area contributed by atoms with Crippen LogP contribution in [0.15, 0.2) is 48.5 Å². The summed E-state index contributed by atoms with van der Waals surface area (Å²) in [6.07, 6.45) is 4.55. The van der Waals surface area contributed by atoms with E-state index in [0.717, 1.165) is 36.8 Å². The average Bonchev–Trinajstić information content (AvgIpc) is 3.05. The second kappa shape index (κ2) is 8.36. The fourth-order valence-corrected chi connectivity index (χ4v) is 4.83. The molecule has 4 rings (SSSR count). The maximum absolute atomic E-state index is 12.4. The summed E-state index contributed by atoms with van der Waals surface area (Å²) in [6, 6.07) is 15.7. The number of nitrogens with one attached hydrogen (secondary N) is 1. The van der Waals surface area contributed by atoms with E-state index in [1.165, 1.54) is 17.5 Å². The third-order valence-corrected chi connectivity index (χ3v) is 6.22. The van der Waals surface area contributed by atoms with E-state index in [9.17, 15) is 9.59 Å². The van der Waals surface area contributed by atoms with Gasteiger partial charge >= 0.3 is 6.09 Å². The van der Waals surface area contributed by atoms with E-state index < -0.39 is 17.4 Å². The zero-order valence-electron chi connectivity index (χ0n) is 15.7. The molecule has 4 nitrogen and oxygen atoms in total. The molecule has 0 bridgehead atoms. The van der Waals surface area contributed by atoms with Gasteiger partial charge in [0.2, 0.25) is 5.24 Å². The average molecular weight is 398 g/mol. The first-order chi connectivity index (χ1) is 13.6. The standard InChI is InChI=1S/C23H24ClNO3/c24-22(26)21(15-8-2-1-3-9-15)25-23(27)28-14-20-18-12-6-4-10-16(18)17-11-5-7-13-19(17)20/h4-7,10-13,15,20-21H,1-3,8-9,14H2,(H,25,27)/t21-/m0/s1. The van der Waals surface area contributed by atoms with E-state index in [1.54, 1.807) is 0 Å². The van der Waals surface area contributed by atoms with Crippen LogP contribution in [0.2, 0.25) is 0 Å². The van der Waals surface area contributed by atoms with Crippen LogP contribution in [0.4, 0.5) is 4.79 Å². The van der Waals surface area contributed by atoms with Crippen molar-refractivity contribution >= 4 is 22.9 Å². The van der Waals surface area contributed by atoms with Crippen molar-refractivity contribution < 1.29 is 14.3 Å². The number of fused-ring (bicyclic) bond motifs is 3. The van der Waals surface area contributed by atoms with Crippen LogP contribution in [-0.4, -0.2) is 24.0 Å². The topological polar surface area (TPSA) is 55.4 Å². The van der Waals surface area contributed by atoms with E-state index >= 15 is 0 Å². The molecule has 0 saturated heterocycles. The predicted molar refractivity (Wildman–Crippen MR) is 109 cm³/mol. The second-order valence-electron chi connectivity index (χ2n) is 7.65. The lowest BCUT2D eigenvalue weighted by Crippen LogP contribution is -2.45. The van der Waals surface area contributed by atoms with Crippen molar-refractivity contribution in [2.75, 3.05) is 6.61 Å². The molecule has 1 amide bonds. The molecule has 2 aliphatic carbocycles. The Morgan fingerprint density at radius 2 is 1.54 bits per heavy atom. The minimum absolute atomic E-state index is 0.00187. The third-order valence-electron chi connectivity index (χ3n) is 5.98. The monoisotopic (exact) mass is 397 g/mol. The lowest BCUT2D eigenvalue weighted by Gasteiger charge is -2.28. The van der Waals surface area contributed by atoms with Crippen LogP contribution in [0.3, 0.4) is 0 Å². The molecule has 0 radical (unpaired) electrons. The Labute approximate surface area is 170 Å². The number of hydrogen-bond acceptors (Lipinski definition) is 3. The van der Waals surface area contributed by atoms with Crippen molar-refractivity contribution in [1.29, 1.82) is 0 Å². The molecule has 0 spiro atoms. The molecule has 1 atom stereocenters. The highest BCUT2D eigenvalue weighted by atomic mass is 35.5. The van der Waals surface area contributed by atoms with Crippen molar-refractivity contribution in [3.63, 3.8) is 0 Å². The van der Waals surface area contributed by atoms with Crippen LogP contribution in [-0.2, 0) is 9.53 Å². The van der Waals surface area contributed by atoms with Gasteiger partial charge in [-0.3, -0.25) is 4.79 Å². The van der Waals surface area contributed by atoms with Crippen molar-refractivity contribution in [2.45, 2.75) is 44.1 Å². The number of halogens is 1. The molecule has 2 aromatic carbocycles. The van der Waals surface area contributed by atoms with Crippen molar-refractivity contribution in [1.82, 2.24) is 5.32 Å². The smallest absolute Gasteiger partial charge is 0.407 e. The molecule has 146 valence electrons. The van der Waals surface area contributed by atoms with Gasteiger partial charge in [-0.25, -0.2) is 4.79 Å². The predicted octanol–water partition coefficient (Wildman–Crippen LogP) is 5.24. The van der Waals surface area contributed by atoms with Crippen molar-refractivity contribution in [3.8, 4) is 11.1 Å². The molecule has 1 saturated carbocycles. The Hall–Kier alpha value is -2.33. The molecule has 1 fully saturated rings. The number of carbonyl (C=O) groups excluding carboxylic acids is 2. The Bertz CT molecular complexity index is 830. The van der Waals surface area contributed by atoms with Crippen LogP contribution in [0, 0.1) is 5.92 Å². The van der Waals surface area contributed by atoms with Crippen molar-refractivity contribution in [2.24, 2.45) is 5.92 Å². The molecule has 1 N–H and O–H groups in total. The molecule has 2 aromatic rings. The van der Waals surface area contributed by atoms with Gasteiger partial charge < -0.3 is 10.1 Å². The van der Waals surface area contributed by atoms with E-state index in [1.807, 2.05) is 24.3 Å². The van der Waals surface area contributed by atoms with Gasteiger partial charge in [-0.2, -0.15) is 0 Å². The quantitative estimate of drug-likeness (QED) is 0.702. The highest BCUT2D eigenvalue weighted by Gasteiger charge is 2.32. The summed E-state index contributed by atoms with van der Waals surface area (Å²) in [5.74, 6) is 0.0946. The fraction of sp³-hybridized carbons (Fsp3) is 0.391. The molecule has 0 aliphatic heterocycles. The summed E-state index contributed by atoms with van der Waals surface area (Å²) >= 11 is 5.77. The largest absolute Gasteiger partial charge is 0.449 e. The summed E-state index contributed by atoms with van der Waals surface area (Å²) in [6.45, 7) is 0.230. The van der Waals surface area contributed by atoms with Crippen LogP contribution in [0.5, 0.6) is 0 Å². The van der Waals surface area contributed by atoms with Crippen LogP contribution in [0.25, 0.3) is 11.1 Å². The van der Waals surface area contributed by atoms with E-state index in [0.29, 0.717) is 0 Å². The molecule has 28 heavy (non-hydrogen) atoms. The summed E-state index contributed by atoms with van der Waals surface area (Å²) in [5.41, 5.74) is 4.69. The maximum Gasteiger partial charge on any atom is 0.407 e. The van der Waals surface area contributed by atoms with E-state index in [-0.39, 0.29) is 18.4 Å². The molecular weight excluding hydrogens is 374 g/mol. The maximum atomic E-state index is 12.4. The third kappa shape index (κ3) is 3.79. The van der Waals surface area contributed by atoms with Gasteiger partial charge in [0.05, 0.1) is 0 Å². The molecule has 0 aromatic heterocycles. The highest BCUT2D eigenvalue weighted by Crippen LogP contribution is 2.44. The van der Waals surface area contributed by atoms with Gasteiger partial charge in [-0.05, 0) is 52.6 Å². The zero-order valence-corrected chi connectivity index (χ0v) is 16.5. The Morgan fingerprint density at radius 1 is 0.964 bits per heavy atom. The number of amides is 1. The Balaban J connectivity index is 1.44. The van der Waals surface area contributed by atoms with E-state index in [2.05, 4.69) is 29.6 Å². The van der Waals surface area contributed by atoms with Gasteiger partial charge in [0, 0.05) is 5.92 Å². The minimum atomic E-state index is -0.669. The molecule has 0 heterocycles. The number of hydrogen-bond donors (Lipinski definition) is 1. The normalized spacial score (nSPS) is 17.5. The SMILES string of the molecule is O=C(N[C@H](C(=O)Cl)C1CCCCC1)OCC1c2ccccc2-c2ccccc21. The summed E-state index contributed by atoms with van der Waals surface area (Å²) < 4.78 is 5.55. The number of alkyl carbamates (subject to hydrolysis) is 1. The van der Waals surface area contributed by atoms with Gasteiger partial charge in [-0.15, -0.1) is 0 Å². The molecular formula is C23H24ClNO3. The van der Waals surface area contributed by atoms with E-state index in [4.69, 9.17) is 16.3 Å². The first kappa shape index (κ1) is 19.0. The molecule has 2 aliphatic rings. The Kier molecular flexibility index (Phi) is 5.67. The zero-order chi connectivity index (χ0) is 19.5. The van der Waals surface area contributed by atoms with Gasteiger partial charge in [-0.1, -0.05) is 67.8 Å². The second-order valence-corrected chi connectivity index (χ2v) is 8.02. The highest BCUT2D eigenvalue weighted by molar-refractivity contribution is 6.64. The summed E-state index contributed by atoms with van der Waals surface area (Å²) in [5, 5.41) is 2.20. The van der Waals surface area contributed by atoms with Crippen molar-refractivity contribution in [3.05, 3.63) is 59.7 Å². The lowest BCUT2D eigenvalue weighted by molar-refractivity contribution is -0.114. The summed E-state index contributed by atoms with van der Waals surface area (Å²) in [7, 11) is 0. The number of benzene rings is 2. The summed E-state index contributed by atoms with van der Waals surface area (Å²) in [4.78, 5) is 24.3.